The minimum atomic E-state index is -2.88. The lowest BCUT2D eigenvalue weighted by Crippen LogP contribution is -2.81. The Kier molecular flexibility index (Phi) is 9.85. The maximum atomic E-state index is 15.3. The van der Waals surface area contributed by atoms with Crippen LogP contribution in [0.4, 0.5) is 0 Å². The summed E-state index contributed by atoms with van der Waals surface area (Å²) in [4.78, 5) is 94.3. The van der Waals surface area contributed by atoms with E-state index in [-0.39, 0.29) is 24.0 Å². The van der Waals surface area contributed by atoms with Crippen LogP contribution in [0.5, 0.6) is 0 Å². The van der Waals surface area contributed by atoms with Crippen molar-refractivity contribution in [2.45, 2.75) is 104 Å². The molecule has 1 aromatic heterocycles. The highest BCUT2D eigenvalue weighted by atomic mass is 16.6. The second-order valence-electron chi connectivity index (χ2n) is 14.8. The van der Waals surface area contributed by atoms with Crippen LogP contribution in [0.1, 0.15) is 79.9 Å². The van der Waals surface area contributed by atoms with Gasteiger partial charge >= 0.3 is 35.8 Å². The van der Waals surface area contributed by atoms with Gasteiger partial charge in [-0.3, -0.25) is 19.2 Å². The van der Waals surface area contributed by atoms with E-state index in [0.717, 1.165) is 34.0 Å². The quantitative estimate of drug-likeness (QED) is 0.177. The van der Waals surface area contributed by atoms with Crippen LogP contribution in [0.3, 0.4) is 0 Å². The molecule has 0 aromatic carbocycles. The van der Waals surface area contributed by atoms with E-state index in [4.69, 9.17) is 32.8 Å². The number of ether oxygens (including phenoxy) is 6. The van der Waals surface area contributed by atoms with E-state index >= 15 is 4.79 Å². The third-order valence-corrected chi connectivity index (χ3v) is 11.3. The number of allylic oxidation sites excluding steroid dienone is 1. The first kappa shape index (κ1) is 38.4. The fourth-order valence-electron chi connectivity index (χ4n) is 9.65. The van der Waals surface area contributed by atoms with Gasteiger partial charge in [-0.1, -0.05) is 33.8 Å². The molecule has 15 nitrogen and oxygen atoms in total. The Balaban J connectivity index is 1.96. The molecule has 2 saturated carbocycles. The molecule has 1 unspecified atom stereocenters. The molecule has 1 saturated heterocycles. The van der Waals surface area contributed by atoms with Crippen LogP contribution in [0.2, 0.25) is 0 Å². The average molecular weight is 729 g/mol. The van der Waals surface area contributed by atoms with Crippen molar-refractivity contribution in [2.24, 2.45) is 28.1 Å². The Morgan fingerprint density at radius 3 is 2.17 bits per heavy atom. The fourth-order valence-corrected chi connectivity index (χ4v) is 9.65. The molecule has 3 fully saturated rings. The summed E-state index contributed by atoms with van der Waals surface area (Å²) in [5.74, 6) is -9.08. The number of rotatable bonds is 8. The predicted octanol–water partition coefficient (Wildman–Crippen LogP) is 3.02. The second-order valence-corrected chi connectivity index (χ2v) is 14.8. The molecule has 5 rings (SSSR count). The summed E-state index contributed by atoms with van der Waals surface area (Å²) in [5, 5.41) is 13.1. The number of ketones is 1. The van der Waals surface area contributed by atoms with Crippen LogP contribution in [-0.4, -0.2) is 83.8 Å². The van der Waals surface area contributed by atoms with Crippen LogP contribution in [-0.2, 0) is 62.0 Å². The van der Waals surface area contributed by atoms with E-state index in [9.17, 15) is 33.9 Å². The Bertz CT molecular complexity index is 1750. The molecule has 282 valence electrons. The number of fused-ring (bicyclic) bond motifs is 5. The molecule has 0 radical (unpaired) electrons. The molecule has 3 aliphatic carbocycles. The highest BCUT2D eigenvalue weighted by molar-refractivity contribution is 6.00. The van der Waals surface area contributed by atoms with E-state index in [1.165, 1.54) is 46.3 Å². The van der Waals surface area contributed by atoms with Crippen molar-refractivity contribution in [1.29, 1.82) is 0 Å². The van der Waals surface area contributed by atoms with E-state index < -0.39 is 106 Å². The number of carbonyl (C=O) groups is 7. The Morgan fingerprint density at radius 1 is 0.981 bits per heavy atom. The number of hydrogen-bond acceptors (Lipinski definition) is 15. The number of methoxy groups -OCH3 is 1. The lowest BCUT2D eigenvalue weighted by molar-refractivity contribution is -0.267. The first-order valence-corrected chi connectivity index (χ1v) is 16.9. The zero-order valence-electron chi connectivity index (χ0n) is 30.5. The molecule has 10 atom stereocenters. The van der Waals surface area contributed by atoms with E-state index in [1.807, 2.05) is 0 Å². The summed E-state index contributed by atoms with van der Waals surface area (Å²) in [6.07, 6.45) is -2.87. The second kappa shape index (κ2) is 13.3. The molecule has 1 N–H and O–H groups in total. The van der Waals surface area contributed by atoms with Crippen molar-refractivity contribution < 1.29 is 71.5 Å². The van der Waals surface area contributed by atoms with Crippen molar-refractivity contribution in [1.82, 2.24) is 0 Å². The maximum Gasteiger partial charge on any atom is 0.352 e. The van der Waals surface area contributed by atoms with Crippen LogP contribution in [0.25, 0.3) is 0 Å². The molecule has 52 heavy (non-hydrogen) atoms. The van der Waals surface area contributed by atoms with E-state index in [2.05, 4.69) is 0 Å². The number of hydrogen-bond donors (Lipinski definition) is 1. The minimum Gasteiger partial charge on any atom is -0.472 e. The number of cyclic esters (lactones) is 1. The van der Waals surface area contributed by atoms with Gasteiger partial charge in [0, 0.05) is 54.6 Å². The topological polar surface area (TPSA) is 208 Å². The number of furan rings is 1. The third-order valence-electron chi connectivity index (χ3n) is 11.3. The highest BCUT2D eigenvalue weighted by Gasteiger charge is 2.80. The summed E-state index contributed by atoms with van der Waals surface area (Å²) in [6.45, 7) is 11.1. The van der Waals surface area contributed by atoms with Crippen molar-refractivity contribution in [3.63, 3.8) is 0 Å². The average Bonchev–Trinajstić information content (AvgIpc) is 3.59. The SMILES string of the molecule is C/C=C/C(=O)O[C@H]1C(C)(C)[C@H](C(OC(C)=O)C(=O)OC)[C@]2(C)C(=O)[C@@]1(O)[C@@H](OC(C)=O)C1=C3[C@@H](OC(C)=O)C(=O)O[C@@H](c4ccoc4)[C@]3(C)CC[C@@H]12. The molecule has 2 heterocycles. The molecule has 1 aromatic rings. The van der Waals surface area contributed by atoms with E-state index in [1.54, 1.807) is 13.0 Å². The molecule has 15 heteroatoms. The molecular weight excluding hydrogens is 684 g/mol. The van der Waals surface area contributed by atoms with Gasteiger partial charge < -0.3 is 37.9 Å². The summed E-state index contributed by atoms with van der Waals surface area (Å²) in [6, 6.07) is 1.59. The minimum absolute atomic E-state index is 0.0453. The number of esters is 6. The standard InChI is InChI=1S/C37H44O15/c1-10-11-22(41)51-33-34(5,6)27(26(30(42)46-9)49-18(3)39)36(8)21-12-14-35(7)24(23(21)29(50-19(4)40)37(33,45)32(36)44)25(48-17(2)38)31(43)52-28(35)20-13-15-47-16-20/h10-11,13,15-16,21,25-29,33,45H,12,14H2,1-9H3/b11-10+/t21-,25+,26?,27-,28-,29-,33-,35+,36+,37-/m0/s1. The van der Waals surface area contributed by atoms with Crippen molar-refractivity contribution in [2.75, 3.05) is 7.11 Å². The molecule has 2 bridgehead atoms. The fraction of sp³-hybridized carbons (Fsp3) is 0.595. The number of carbonyl (C=O) groups excluding carboxylic acids is 7. The van der Waals surface area contributed by atoms with Gasteiger partial charge in [0.05, 0.1) is 19.6 Å². The molecule has 0 spiro atoms. The molecule has 1 aliphatic heterocycles. The Labute approximate surface area is 299 Å². The van der Waals surface area contributed by atoms with Gasteiger partial charge in [-0.25, -0.2) is 14.4 Å². The Hall–Kier alpha value is -4.79. The predicted molar refractivity (Wildman–Crippen MR) is 174 cm³/mol. The summed E-state index contributed by atoms with van der Waals surface area (Å²) < 4.78 is 39.4. The van der Waals surface area contributed by atoms with Gasteiger partial charge in [-0.05, 0) is 42.9 Å². The summed E-state index contributed by atoms with van der Waals surface area (Å²) >= 11 is 0. The van der Waals surface area contributed by atoms with Crippen LogP contribution < -0.4 is 0 Å². The van der Waals surface area contributed by atoms with Gasteiger partial charge in [-0.2, -0.15) is 0 Å². The largest absolute Gasteiger partial charge is 0.472 e. The van der Waals surface area contributed by atoms with Crippen LogP contribution in [0, 0.1) is 28.1 Å². The molecule has 4 aliphatic rings. The first-order valence-electron chi connectivity index (χ1n) is 16.9. The Morgan fingerprint density at radius 2 is 1.63 bits per heavy atom. The van der Waals surface area contributed by atoms with E-state index in [0.29, 0.717) is 5.56 Å². The molecular formula is C37H44O15. The van der Waals surface area contributed by atoms with Crippen LogP contribution in [0.15, 0.2) is 46.3 Å². The van der Waals surface area contributed by atoms with Crippen molar-refractivity contribution in [3.8, 4) is 0 Å². The zero-order valence-corrected chi connectivity index (χ0v) is 30.5. The van der Waals surface area contributed by atoms with Crippen LogP contribution >= 0.6 is 0 Å². The van der Waals surface area contributed by atoms with Gasteiger partial charge in [-0.15, -0.1) is 0 Å². The van der Waals surface area contributed by atoms with Crippen molar-refractivity contribution >= 4 is 41.6 Å². The monoisotopic (exact) mass is 728 g/mol. The van der Waals surface area contributed by atoms with Gasteiger partial charge in [0.2, 0.25) is 17.8 Å². The van der Waals surface area contributed by atoms with Gasteiger partial charge in [0.15, 0.2) is 11.9 Å². The van der Waals surface area contributed by atoms with Gasteiger partial charge in [0.25, 0.3) is 0 Å². The normalized spacial score (nSPS) is 35.3. The lowest BCUT2D eigenvalue weighted by atomic mass is 9.38. The first-order chi connectivity index (χ1) is 24.2. The smallest absolute Gasteiger partial charge is 0.352 e. The van der Waals surface area contributed by atoms with Gasteiger partial charge in [0.1, 0.15) is 12.2 Å². The zero-order chi connectivity index (χ0) is 38.7. The molecule has 0 amide bonds. The maximum absolute atomic E-state index is 15.3. The van der Waals surface area contributed by atoms with Crippen molar-refractivity contribution in [3.05, 3.63) is 47.5 Å². The lowest BCUT2D eigenvalue weighted by Gasteiger charge is -2.67. The third kappa shape index (κ3) is 5.64. The number of Topliss-reactive ketones (excluding diaryl/α,β-unsaturated/α-hetero) is 1. The highest BCUT2D eigenvalue weighted by Crippen LogP contribution is 2.69. The summed E-state index contributed by atoms with van der Waals surface area (Å²) in [5.41, 5.74) is -7.01. The summed E-state index contributed by atoms with van der Waals surface area (Å²) in [7, 11) is 1.07. The number of aliphatic hydroxyl groups is 1.